The number of halogens is 1. The Morgan fingerprint density at radius 2 is 2.11 bits per heavy atom. The molecule has 0 aliphatic carbocycles. The Kier molecular flexibility index (Phi) is 3.67. The molecule has 0 atom stereocenters. The van der Waals surface area contributed by atoms with Crippen LogP contribution in [0.25, 0.3) is 0 Å². The normalized spacial score (nSPS) is 10.7. The van der Waals surface area contributed by atoms with Crippen LogP contribution in [0, 0.1) is 0 Å². The molecule has 0 fully saturated rings. The lowest BCUT2D eigenvalue weighted by atomic mass is 10.0. The van der Waals surface area contributed by atoms with E-state index < -0.39 is 0 Å². The van der Waals surface area contributed by atoms with Gasteiger partial charge in [0.05, 0.1) is 6.20 Å². The van der Waals surface area contributed by atoms with Crippen LogP contribution in [0.4, 0.5) is 17.5 Å². The molecule has 18 heavy (non-hydrogen) atoms. The van der Waals surface area contributed by atoms with Crippen LogP contribution in [0.5, 0.6) is 0 Å². The Bertz CT molecular complexity index is 554. The third-order valence-corrected chi connectivity index (χ3v) is 2.86. The minimum atomic E-state index is 0.196. The molecular weight excluding hydrogens is 248 g/mol. The first-order valence-corrected chi connectivity index (χ1v) is 6.09. The lowest BCUT2D eigenvalue weighted by Crippen LogP contribution is -2.00. The van der Waals surface area contributed by atoms with Crippen LogP contribution in [0.15, 0.2) is 30.5 Å². The van der Waals surface area contributed by atoms with Gasteiger partial charge >= 0.3 is 0 Å². The molecule has 0 saturated carbocycles. The van der Waals surface area contributed by atoms with Crippen LogP contribution in [0.1, 0.15) is 25.3 Å². The Hall–Kier alpha value is -1.81. The first-order chi connectivity index (χ1) is 8.56. The number of nitrogen functional groups attached to an aromatic ring is 1. The van der Waals surface area contributed by atoms with Gasteiger partial charge in [-0.15, -0.1) is 0 Å². The van der Waals surface area contributed by atoms with E-state index in [1.165, 1.54) is 11.8 Å². The van der Waals surface area contributed by atoms with Gasteiger partial charge in [-0.05, 0) is 23.6 Å². The molecule has 0 bridgehead atoms. The molecule has 2 aromatic rings. The predicted molar refractivity (Wildman–Crippen MR) is 75.3 cm³/mol. The third-order valence-electron chi connectivity index (χ3n) is 2.58. The van der Waals surface area contributed by atoms with Crippen molar-refractivity contribution in [1.29, 1.82) is 0 Å². The second-order valence-corrected chi connectivity index (χ2v) is 4.74. The molecule has 0 aliphatic rings. The van der Waals surface area contributed by atoms with Gasteiger partial charge in [0.2, 0.25) is 5.95 Å². The minimum Gasteiger partial charge on any atom is -0.368 e. The van der Waals surface area contributed by atoms with E-state index in [-0.39, 0.29) is 5.95 Å². The van der Waals surface area contributed by atoms with Crippen molar-refractivity contribution in [2.24, 2.45) is 0 Å². The van der Waals surface area contributed by atoms with Crippen LogP contribution < -0.4 is 11.1 Å². The fraction of sp³-hybridized carbons (Fsp3) is 0.231. The number of nitrogens with two attached hydrogens (primary N) is 1. The van der Waals surface area contributed by atoms with Crippen molar-refractivity contribution in [3.05, 3.63) is 41.0 Å². The van der Waals surface area contributed by atoms with Crippen molar-refractivity contribution in [1.82, 2.24) is 9.97 Å². The largest absolute Gasteiger partial charge is 0.368 e. The number of hydrogen-bond acceptors (Lipinski definition) is 4. The highest BCUT2D eigenvalue weighted by Gasteiger charge is 2.05. The van der Waals surface area contributed by atoms with Gasteiger partial charge in [-0.2, -0.15) is 4.98 Å². The molecule has 0 aliphatic heterocycles. The van der Waals surface area contributed by atoms with Gasteiger partial charge in [0.25, 0.3) is 0 Å². The molecule has 1 aromatic carbocycles. The van der Waals surface area contributed by atoms with Gasteiger partial charge in [-0.25, -0.2) is 4.98 Å². The molecule has 2 rings (SSSR count). The van der Waals surface area contributed by atoms with Crippen molar-refractivity contribution in [3.63, 3.8) is 0 Å². The highest BCUT2D eigenvalue weighted by molar-refractivity contribution is 6.32. The second-order valence-electron chi connectivity index (χ2n) is 4.33. The maximum Gasteiger partial charge on any atom is 0.222 e. The smallest absolute Gasteiger partial charge is 0.222 e. The van der Waals surface area contributed by atoms with E-state index in [4.69, 9.17) is 17.3 Å². The van der Waals surface area contributed by atoms with E-state index >= 15 is 0 Å². The van der Waals surface area contributed by atoms with Gasteiger partial charge in [0, 0.05) is 5.69 Å². The van der Waals surface area contributed by atoms with Crippen LogP contribution in [-0.4, -0.2) is 9.97 Å². The van der Waals surface area contributed by atoms with Crippen molar-refractivity contribution in [2.75, 3.05) is 11.1 Å². The number of anilines is 3. The monoisotopic (exact) mass is 262 g/mol. The molecule has 0 amide bonds. The zero-order valence-corrected chi connectivity index (χ0v) is 11.1. The fourth-order valence-electron chi connectivity index (χ4n) is 1.58. The summed E-state index contributed by atoms with van der Waals surface area (Å²) in [7, 11) is 0. The molecule has 4 nitrogen and oxygen atoms in total. The molecule has 1 heterocycles. The van der Waals surface area contributed by atoms with Crippen molar-refractivity contribution in [2.45, 2.75) is 19.8 Å². The highest BCUT2D eigenvalue weighted by Crippen LogP contribution is 2.25. The standard InChI is InChI=1S/C13H15ClN4/c1-8(2)9-4-3-5-10(6-9)17-12-11(14)7-16-13(15)18-12/h3-8H,1-2H3,(H3,15,16,17,18). The summed E-state index contributed by atoms with van der Waals surface area (Å²) in [6.45, 7) is 4.30. The molecule has 0 spiro atoms. The average Bonchev–Trinajstić information content (AvgIpc) is 2.34. The first-order valence-electron chi connectivity index (χ1n) is 5.71. The zero-order chi connectivity index (χ0) is 13.1. The Labute approximate surface area is 111 Å². The summed E-state index contributed by atoms with van der Waals surface area (Å²) in [6, 6.07) is 8.11. The number of nitrogens with one attached hydrogen (secondary N) is 1. The van der Waals surface area contributed by atoms with E-state index in [0.29, 0.717) is 16.8 Å². The molecule has 0 unspecified atom stereocenters. The summed E-state index contributed by atoms with van der Waals surface area (Å²) in [5.74, 6) is 1.18. The van der Waals surface area contributed by atoms with E-state index in [2.05, 4.69) is 41.3 Å². The average molecular weight is 263 g/mol. The van der Waals surface area contributed by atoms with Crippen LogP contribution in [0.3, 0.4) is 0 Å². The van der Waals surface area contributed by atoms with Crippen LogP contribution in [-0.2, 0) is 0 Å². The summed E-state index contributed by atoms with van der Waals surface area (Å²) in [4.78, 5) is 7.89. The topological polar surface area (TPSA) is 63.8 Å². The molecule has 5 heteroatoms. The molecule has 0 saturated heterocycles. The molecule has 3 N–H and O–H groups in total. The lowest BCUT2D eigenvalue weighted by Gasteiger charge is -2.10. The van der Waals surface area contributed by atoms with Gasteiger partial charge in [0.15, 0.2) is 5.82 Å². The highest BCUT2D eigenvalue weighted by atomic mass is 35.5. The molecule has 94 valence electrons. The summed E-state index contributed by atoms with van der Waals surface area (Å²) in [5.41, 5.74) is 7.72. The fourth-order valence-corrected chi connectivity index (χ4v) is 1.72. The number of nitrogens with zero attached hydrogens (tertiary/aromatic N) is 2. The minimum absolute atomic E-state index is 0.196. The summed E-state index contributed by atoms with van der Waals surface area (Å²) in [6.07, 6.45) is 1.48. The van der Waals surface area contributed by atoms with Gasteiger partial charge < -0.3 is 11.1 Å². The molecule has 1 aromatic heterocycles. The quantitative estimate of drug-likeness (QED) is 0.887. The number of rotatable bonds is 3. The van der Waals surface area contributed by atoms with Gasteiger partial charge in [0.1, 0.15) is 5.02 Å². The number of hydrogen-bond donors (Lipinski definition) is 2. The van der Waals surface area contributed by atoms with Crippen LogP contribution >= 0.6 is 11.6 Å². The van der Waals surface area contributed by atoms with E-state index in [9.17, 15) is 0 Å². The van der Waals surface area contributed by atoms with Crippen LogP contribution in [0.2, 0.25) is 5.02 Å². The Morgan fingerprint density at radius 3 is 2.83 bits per heavy atom. The van der Waals surface area contributed by atoms with Gasteiger partial charge in [-0.1, -0.05) is 37.6 Å². The van der Waals surface area contributed by atoms with Gasteiger partial charge in [-0.3, -0.25) is 0 Å². The first kappa shape index (κ1) is 12.6. The Balaban J connectivity index is 2.28. The maximum absolute atomic E-state index is 6.01. The van der Waals surface area contributed by atoms with E-state index in [1.807, 2.05) is 12.1 Å². The van der Waals surface area contributed by atoms with E-state index in [1.54, 1.807) is 0 Å². The predicted octanol–water partition coefficient (Wildman–Crippen LogP) is 3.58. The maximum atomic E-state index is 6.01. The summed E-state index contributed by atoms with van der Waals surface area (Å²) in [5, 5.41) is 3.59. The SMILES string of the molecule is CC(C)c1cccc(Nc2nc(N)ncc2Cl)c1. The molecule has 0 radical (unpaired) electrons. The van der Waals surface area contributed by atoms with E-state index in [0.717, 1.165) is 5.69 Å². The molecular formula is C13H15ClN4. The lowest BCUT2D eigenvalue weighted by molar-refractivity contribution is 0.867. The van der Waals surface area contributed by atoms with Crippen molar-refractivity contribution < 1.29 is 0 Å². The zero-order valence-electron chi connectivity index (χ0n) is 10.3. The third kappa shape index (κ3) is 2.90. The Morgan fingerprint density at radius 1 is 1.33 bits per heavy atom. The summed E-state index contributed by atoms with van der Waals surface area (Å²) < 4.78 is 0. The summed E-state index contributed by atoms with van der Waals surface area (Å²) >= 11 is 6.01. The van der Waals surface area contributed by atoms with Crippen molar-refractivity contribution in [3.8, 4) is 0 Å². The number of aromatic nitrogens is 2. The second kappa shape index (κ2) is 5.23. The van der Waals surface area contributed by atoms with Crippen molar-refractivity contribution >= 4 is 29.1 Å². The number of benzene rings is 1.